The van der Waals surface area contributed by atoms with Crippen LogP contribution >= 0.6 is 23.6 Å². The first-order valence-corrected chi connectivity index (χ1v) is 2.89. The van der Waals surface area contributed by atoms with E-state index in [2.05, 4.69) is 0 Å². The first-order chi connectivity index (χ1) is 2.30. The van der Waals surface area contributed by atoms with Gasteiger partial charge in [-0.1, -0.05) is 0 Å². The van der Waals surface area contributed by atoms with Crippen LogP contribution in [0.2, 0.25) is 0 Å². The van der Waals surface area contributed by atoms with Crippen LogP contribution in [0.3, 0.4) is 0 Å². The normalized spacial score (nSPS) is 50.8. The molecule has 1 fully saturated rings. The molecule has 1 rings (SSSR count). The molecule has 5 heteroatoms. The second kappa shape index (κ2) is 1.34. The third kappa shape index (κ3) is 1.01. The predicted molar refractivity (Wildman–Crippen MR) is 15.4 cm³/mol. The fourth-order valence-electron chi connectivity index (χ4n) is 0.0304. The summed E-state index contributed by atoms with van der Waals surface area (Å²) in [6.45, 7) is 0. The molecule has 0 aromatic carbocycles. The average molecular weight is 205 g/mol. The first-order valence-electron chi connectivity index (χ1n) is 0.821. The fraction of sp³-hybridized carbons (Fsp3) is 0. The summed E-state index contributed by atoms with van der Waals surface area (Å²) in [5.74, 6) is 0. The zero-order chi connectivity index (χ0) is 3.86. The third-order valence-electron chi connectivity index (χ3n) is 0.187. The second-order valence-corrected chi connectivity index (χ2v) is 3.47. The predicted octanol–water partition coefficient (Wildman–Crippen LogP) is 0.739. The zero-order valence-electron chi connectivity index (χ0n) is 1.97. The molecule has 0 bridgehead atoms. The van der Waals surface area contributed by atoms with Crippen LogP contribution in [0.4, 0.5) is 0 Å². The van der Waals surface area contributed by atoms with Crippen molar-refractivity contribution in [1.29, 1.82) is 0 Å². The van der Waals surface area contributed by atoms with Crippen LogP contribution in [0.1, 0.15) is 0 Å². The Balaban J connectivity index is 2.20. The average Bonchev–Trinajstić information content (AvgIpc) is 1.79. The summed E-state index contributed by atoms with van der Waals surface area (Å²) in [6.07, 6.45) is 0. The Morgan fingerprint density at radius 2 is 1.40 bits per heavy atom. The molecule has 2 atom stereocenters. The Morgan fingerprint density at radius 3 is 1.40 bits per heavy atom. The van der Waals surface area contributed by atoms with E-state index in [0.717, 1.165) is 0 Å². The summed E-state index contributed by atoms with van der Waals surface area (Å²) in [5, 5.41) is 0. The quantitative estimate of drug-likeness (QED) is 0.327. The van der Waals surface area contributed by atoms with Gasteiger partial charge in [-0.15, -0.1) is 0 Å². The number of hydrogen-bond acceptors (Lipinski definition) is 2. The number of halogens is 2. The van der Waals surface area contributed by atoms with Crippen molar-refractivity contribution in [2.45, 2.75) is 0 Å². The molecule has 2 unspecified atom stereocenters. The van der Waals surface area contributed by atoms with Crippen molar-refractivity contribution in [3.63, 3.8) is 0 Å². The Morgan fingerprint density at radius 1 is 1.20 bits per heavy atom. The van der Waals surface area contributed by atoms with E-state index in [1.165, 1.54) is 6.32 Å². The topological polar surface area (TPSA) is 6.02 Å². The van der Waals surface area contributed by atoms with Gasteiger partial charge in [0.25, 0.3) is 0 Å². The van der Waals surface area contributed by atoms with Crippen molar-refractivity contribution in [2.75, 3.05) is 0 Å². The van der Waals surface area contributed by atoms with E-state index in [1.807, 2.05) is 0 Å². The summed E-state index contributed by atoms with van der Waals surface area (Å²) < 4.78 is 2.83. The molecule has 0 amide bonds. The number of nitrogens with zero attached hydrogens (tertiary/aromatic N) is 2. The van der Waals surface area contributed by atoms with Gasteiger partial charge in [0.15, 0.2) is 0 Å². The fourth-order valence-corrected chi connectivity index (χ4v) is 0.861. The second-order valence-electron chi connectivity index (χ2n) is 0.448. The van der Waals surface area contributed by atoms with Crippen LogP contribution in [0, 0.1) is 0 Å². The summed E-state index contributed by atoms with van der Waals surface area (Å²) in [4.78, 5) is 0. The van der Waals surface area contributed by atoms with Crippen LogP contribution in [0.15, 0.2) is 0 Å². The molecule has 0 aromatic heterocycles. The summed E-state index contributed by atoms with van der Waals surface area (Å²) in [7, 11) is 0. The van der Waals surface area contributed by atoms with E-state index >= 15 is 0 Å². The van der Waals surface area contributed by atoms with Crippen LogP contribution in [0.25, 0.3) is 0 Å². The van der Waals surface area contributed by atoms with Crippen LogP contribution in [0.5, 0.6) is 0 Å². The van der Waals surface area contributed by atoms with Crippen molar-refractivity contribution in [2.24, 2.45) is 0 Å². The van der Waals surface area contributed by atoms with Crippen molar-refractivity contribution >= 4 is 23.6 Å². The molecular formula is Cl2N2Pd. The number of hydrogen-bond donors (Lipinski definition) is 0. The van der Waals surface area contributed by atoms with Crippen molar-refractivity contribution < 1.29 is 18.5 Å². The molecule has 0 radical (unpaired) electrons. The van der Waals surface area contributed by atoms with Gasteiger partial charge >= 0.3 is 48.3 Å². The van der Waals surface area contributed by atoms with Gasteiger partial charge in [0.2, 0.25) is 0 Å². The minimum absolute atomic E-state index is 0.325. The maximum atomic E-state index is 5.19. The molecule has 0 spiro atoms. The van der Waals surface area contributed by atoms with Gasteiger partial charge in [0.1, 0.15) is 0 Å². The Hall–Kier alpha value is 1.16. The Labute approximate surface area is 48.5 Å². The van der Waals surface area contributed by atoms with Gasteiger partial charge < -0.3 is 0 Å². The Bertz CT molecular complexity index is 40.9. The van der Waals surface area contributed by atoms with E-state index in [4.69, 9.17) is 23.6 Å². The molecular weight excluding hydrogens is 205 g/mol. The first kappa shape index (κ1) is 4.32. The maximum absolute atomic E-state index is 5.19. The standard InChI is InChI=1S/Cl2N2.Pd/c1-3-4-2;/q-2;+2. The SMILES string of the molecule is Cl[N]1[Pd][N]1Cl. The summed E-state index contributed by atoms with van der Waals surface area (Å²) in [6, 6.07) is 0. The molecule has 1 aliphatic heterocycles. The van der Waals surface area contributed by atoms with E-state index in [1.54, 1.807) is 0 Å². The zero-order valence-corrected chi connectivity index (χ0v) is 5.03. The van der Waals surface area contributed by atoms with Crippen molar-refractivity contribution in [1.82, 2.24) is 6.32 Å². The van der Waals surface area contributed by atoms with Gasteiger partial charge in [-0.25, -0.2) is 0 Å². The van der Waals surface area contributed by atoms with E-state index in [-0.39, 0.29) is 0 Å². The molecule has 0 aromatic rings. The molecule has 1 aliphatic rings. The van der Waals surface area contributed by atoms with Crippen LogP contribution < -0.4 is 0 Å². The van der Waals surface area contributed by atoms with Gasteiger partial charge in [0.05, 0.1) is 0 Å². The Kier molecular flexibility index (Phi) is 1.16. The molecule has 1 saturated heterocycles. The van der Waals surface area contributed by atoms with Crippen molar-refractivity contribution in [3.8, 4) is 0 Å². The van der Waals surface area contributed by atoms with E-state index in [0.29, 0.717) is 18.5 Å². The molecule has 2 nitrogen and oxygen atoms in total. The summed E-state index contributed by atoms with van der Waals surface area (Å²) >= 11 is 10.7. The van der Waals surface area contributed by atoms with Crippen LogP contribution in [-0.2, 0) is 18.5 Å². The van der Waals surface area contributed by atoms with Crippen LogP contribution in [-0.4, -0.2) is 6.32 Å². The molecule has 5 heavy (non-hydrogen) atoms. The molecule has 1 heterocycles. The molecule has 0 aliphatic carbocycles. The molecule has 0 saturated carbocycles. The van der Waals surface area contributed by atoms with E-state index < -0.39 is 0 Å². The van der Waals surface area contributed by atoms with Gasteiger partial charge in [-0.2, -0.15) is 0 Å². The minimum atomic E-state index is 0.325. The third-order valence-corrected chi connectivity index (χ3v) is 2.33. The number of rotatable bonds is 0. The number of hydrazine groups is 1. The van der Waals surface area contributed by atoms with E-state index in [9.17, 15) is 0 Å². The van der Waals surface area contributed by atoms with Crippen molar-refractivity contribution in [3.05, 3.63) is 0 Å². The monoisotopic (exact) mass is 204 g/mol. The van der Waals surface area contributed by atoms with Gasteiger partial charge in [0, 0.05) is 0 Å². The van der Waals surface area contributed by atoms with Gasteiger partial charge in [-0.05, 0) is 0 Å². The molecule has 0 N–H and O–H groups in total. The summed E-state index contributed by atoms with van der Waals surface area (Å²) in [5.41, 5.74) is 0. The molecule has 34 valence electrons. The van der Waals surface area contributed by atoms with Gasteiger partial charge in [-0.3, -0.25) is 0 Å².